The molecular formula is C16H19N5O4. The Hall–Kier alpha value is -2.94. The fraction of sp³-hybridized carbons (Fsp3) is 0.375. The normalized spacial score (nSPS) is 15.0. The Kier molecular flexibility index (Phi) is 4.94. The molecule has 3 rings (SSSR count). The zero-order valence-electron chi connectivity index (χ0n) is 14.1. The summed E-state index contributed by atoms with van der Waals surface area (Å²) < 4.78 is 10.7. The average molecular weight is 345 g/mol. The maximum atomic E-state index is 11.6. The molecule has 9 heteroatoms. The Morgan fingerprint density at radius 2 is 1.72 bits per heavy atom. The Morgan fingerprint density at radius 3 is 2.32 bits per heavy atom. The van der Waals surface area contributed by atoms with Crippen LogP contribution in [0.2, 0.25) is 0 Å². The number of hydrogen-bond donors (Lipinski definition) is 0. The van der Waals surface area contributed by atoms with Crippen molar-refractivity contribution < 1.29 is 14.4 Å². The van der Waals surface area contributed by atoms with Crippen LogP contribution >= 0.6 is 0 Å². The molecule has 1 saturated heterocycles. The number of hydrogen-bond acceptors (Lipinski definition) is 8. The third kappa shape index (κ3) is 3.77. The largest absolute Gasteiger partial charge is 0.497 e. The first-order chi connectivity index (χ1) is 12.1. The van der Waals surface area contributed by atoms with Crippen molar-refractivity contribution in [3.63, 3.8) is 0 Å². The van der Waals surface area contributed by atoms with Crippen LogP contribution in [0.1, 0.15) is 0 Å². The van der Waals surface area contributed by atoms with Gasteiger partial charge in [-0.3, -0.25) is 10.1 Å². The van der Waals surface area contributed by atoms with E-state index in [0.29, 0.717) is 24.6 Å². The molecule has 1 aliphatic rings. The molecule has 0 amide bonds. The molecule has 132 valence electrons. The number of piperazine rings is 1. The molecule has 1 fully saturated rings. The second kappa shape index (κ2) is 7.31. The number of aromatic nitrogens is 2. The van der Waals surface area contributed by atoms with Gasteiger partial charge < -0.3 is 19.3 Å². The topological polar surface area (TPSA) is 93.9 Å². The van der Waals surface area contributed by atoms with Gasteiger partial charge in [0.25, 0.3) is 0 Å². The number of benzene rings is 1. The van der Waals surface area contributed by atoms with Crippen molar-refractivity contribution in [1.82, 2.24) is 14.9 Å². The monoisotopic (exact) mass is 345 g/mol. The van der Waals surface area contributed by atoms with Crippen LogP contribution in [0.4, 0.5) is 11.5 Å². The summed E-state index contributed by atoms with van der Waals surface area (Å²) in [7, 11) is 3.58. The van der Waals surface area contributed by atoms with E-state index in [1.807, 2.05) is 11.9 Å². The maximum absolute atomic E-state index is 11.6. The van der Waals surface area contributed by atoms with Crippen molar-refractivity contribution >= 4 is 11.5 Å². The molecule has 9 nitrogen and oxygen atoms in total. The first-order valence-corrected chi connectivity index (χ1v) is 7.83. The summed E-state index contributed by atoms with van der Waals surface area (Å²) in [6, 6.07) is 6.76. The lowest BCUT2D eigenvalue weighted by Gasteiger charge is -2.32. The molecular weight excluding hydrogens is 326 g/mol. The van der Waals surface area contributed by atoms with Gasteiger partial charge in [-0.2, -0.15) is 4.98 Å². The fourth-order valence-electron chi connectivity index (χ4n) is 2.59. The van der Waals surface area contributed by atoms with Gasteiger partial charge in [-0.05, 0) is 31.3 Å². The second-order valence-electron chi connectivity index (χ2n) is 5.68. The van der Waals surface area contributed by atoms with Gasteiger partial charge in [0.1, 0.15) is 17.8 Å². The van der Waals surface area contributed by atoms with Gasteiger partial charge in [-0.15, -0.1) is 0 Å². The molecule has 1 aromatic carbocycles. The van der Waals surface area contributed by atoms with Gasteiger partial charge in [-0.1, -0.05) is 0 Å². The Balaban J connectivity index is 1.90. The maximum Gasteiger partial charge on any atom is 0.373 e. The molecule has 1 aromatic heterocycles. The van der Waals surface area contributed by atoms with Crippen molar-refractivity contribution in [2.45, 2.75) is 0 Å². The van der Waals surface area contributed by atoms with E-state index in [0.717, 1.165) is 13.1 Å². The van der Waals surface area contributed by atoms with Crippen LogP contribution in [-0.2, 0) is 0 Å². The quantitative estimate of drug-likeness (QED) is 0.599. The van der Waals surface area contributed by atoms with E-state index >= 15 is 0 Å². The minimum atomic E-state index is -0.494. The van der Waals surface area contributed by atoms with Gasteiger partial charge >= 0.3 is 11.6 Å². The molecule has 2 aromatic rings. The van der Waals surface area contributed by atoms with Crippen LogP contribution in [-0.4, -0.2) is 60.1 Å². The molecule has 0 aliphatic carbocycles. The minimum absolute atomic E-state index is 0.0703. The molecule has 0 spiro atoms. The standard InChI is InChI=1S/C16H19N5O4/c1-19-7-9-20(10-8-19)15-14(21(22)23)16(18-11-17-15)25-13-5-3-12(24-2)4-6-13/h3-6,11H,7-10H2,1-2H3. The number of ether oxygens (including phenoxy) is 2. The van der Waals surface area contributed by atoms with E-state index in [9.17, 15) is 10.1 Å². The molecule has 2 heterocycles. The van der Waals surface area contributed by atoms with Crippen LogP contribution in [0.3, 0.4) is 0 Å². The van der Waals surface area contributed by atoms with E-state index < -0.39 is 4.92 Å². The van der Waals surface area contributed by atoms with Crippen molar-refractivity contribution in [2.75, 3.05) is 45.2 Å². The summed E-state index contributed by atoms with van der Waals surface area (Å²) in [6.45, 7) is 2.96. The van der Waals surface area contributed by atoms with Crippen LogP contribution in [0.15, 0.2) is 30.6 Å². The number of rotatable bonds is 5. The Morgan fingerprint density at radius 1 is 1.08 bits per heavy atom. The molecule has 0 bridgehead atoms. The van der Waals surface area contributed by atoms with Gasteiger partial charge in [-0.25, -0.2) is 4.98 Å². The number of nitrogens with zero attached hydrogens (tertiary/aromatic N) is 5. The van der Waals surface area contributed by atoms with Crippen molar-refractivity contribution in [1.29, 1.82) is 0 Å². The lowest BCUT2D eigenvalue weighted by atomic mass is 10.3. The number of anilines is 1. The van der Waals surface area contributed by atoms with Gasteiger partial charge in [0.2, 0.25) is 5.82 Å². The number of nitro groups is 1. The zero-order valence-corrected chi connectivity index (χ0v) is 14.1. The highest BCUT2D eigenvalue weighted by Crippen LogP contribution is 2.36. The second-order valence-corrected chi connectivity index (χ2v) is 5.68. The highest BCUT2D eigenvalue weighted by atomic mass is 16.6. The Bertz CT molecular complexity index is 745. The molecule has 0 radical (unpaired) electrons. The Labute approximate surface area is 145 Å². The summed E-state index contributed by atoms with van der Waals surface area (Å²) in [5.74, 6) is 1.32. The predicted molar refractivity (Wildman–Crippen MR) is 91.5 cm³/mol. The van der Waals surface area contributed by atoms with Crippen LogP contribution < -0.4 is 14.4 Å². The highest BCUT2D eigenvalue weighted by molar-refractivity contribution is 5.63. The molecule has 25 heavy (non-hydrogen) atoms. The summed E-state index contributed by atoms with van der Waals surface area (Å²) in [5.41, 5.74) is -0.220. The molecule has 0 atom stereocenters. The summed E-state index contributed by atoms with van der Waals surface area (Å²) in [6.07, 6.45) is 1.29. The number of methoxy groups -OCH3 is 1. The fourth-order valence-corrected chi connectivity index (χ4v) is 2.59. The zero-order chi connectivity index (χ0) is 17.8. The van der Waals surface area contributed by atoms with Gasteiger partial charge in [0.15, 0.2) is 0 Å². The van der Waals surface area contributed by atoms with Crippen LogP contribution in [0.5, 0.6) is 17.4 Å². The SMILES string of the molecule is COc1ccc(Oc2ncnc(N3CCN(C)CC3)c2[N+](=O)[O-])cc1. The molecule has 1 aliphatic heterocycles. The smallest absolute Gasteiger partial charge is 0.373 e. The summed E-state index contributed by atoms with van der Waals surface area (Å²) in [5, 5.41) is 11.6. The summed E-state index contributed by atoms with van der Waals surface area (Å²) >= 11 is 0. The van der Waals surface area contributed by atoms with E-state index in [4.69, 9.17) is 9.47 Å². The third-order valence-electron chi connectivity index (χ3n) is 4.03. The highest BCUT2D eigenvalue weighted by Gasteiger charge is 2.30. The van der Waals surface area contributed by atoms with Crippen molar-refractivity contribution in [3.05, 3.63) is 40.7 Å². The third-order valence-corrected chi connectivity index (χ3v) is 4.03. The van der Waals surface area contributed by atoms with E-state index in [1.165, 1.54) is 6.33 Å². The van der Waals surface area contributed by atoms with E-state index in [1.54, 1.807) is 31.4 Å². The van der Waals surface area contributed by atoms with E-state index in [2.05, 4.69) is 14.9 Å². The number of likely N-dealkylation sites (N-methyl/N-ethyl adjacent to an activating group) is 1. The lowest BCUT2D eigenvalue weighted by Crippen LogP contribution is -2.45. The van der Waals surface area contributed by atoms with Gasteiger partial charge in [0.05, 0.1) is 12.0 Å². The molecule has 0 saturated carbocycles. The molecule has 0 N–H and O–H groups in total. The van der Waals surface area contributed by atoms with Gasteiger partial charge in [0, 0.05) is 26.2 Å². The average Bonchev–Trinajstić information content (AvgIpc) is 2.62. The van der Waals surface area contributed by atoms with Crippen molar-refractivity contribution in [2.24, 2.45) is 0 Å². The summed E-state index contributed by atoms with van der Waals surface area (Å²) in [4.78, 5) is 23.3. The van der Waals surface area contributed by atoms with E-state index in [-0.39, 0.29) is 17.4 Å². The first-order valence-electron chi connectivity index (χ1n) is 7.83. The lowest BCUT2D eigenvalue weighted by molar-refractivity contribution is -0.385. The minimum Gasteiger partial charge on any atom is -0.497 e. The van der Waals surface area contributed by atoms with Crippen molar-refractivity contribution in [3.8, 4) is 17.4 Å². The first kappa shape index (κ1) is 16.9. The molecule has 0 unspecified atom stereocenters. The van der Waals surface area contributed by atoms with Crippen LogP contribution in [0, 0.1) is 10.1 Å². The van der Waals surface area contributed by atoms with Crippen LogP contribution in [0.25, 0.3) is 0 Å². The predicted octanol–water partition coefficient (Wildman–Crippen LogP) is 1.94.